The minimum absolute atomic E-state index is 0.128. The van der Waals surface area contributed by atoms with Gasteiger partial charge >= 0.3 is 0 Å². The Morgan fingerprint density at radius 1 is 1.33 bits per heavy atom. The number of nitrogens with zero attached hydrogens (tertiary/aromatic N) is 1. The second-order valence-corrected chi connectivity index (χ2v) is 5.58. The predicted molar refractivity (Wildman–Crippen MR) is 52.4 cm³/mol. The quantitative estimate of drug-likeness (QED) is 0.667. The molecular formula is C8H19NO2S. The molecular weight excluding hydrogens is 174 g/mol. The number of rotatable bonds is 4. The van der Waals surface area contributed by atoms with Gasteiger partial charge in [-0.25, -0.2) is 8.51 Å². The van der Waals surface area contributed by atoms with Crippen molar-refractivity contribution >= 4 is 11.0 Å². The zero-order chi connectivity index (χ0) is 9.78. The van der Waals surface area contributed by atoms with Gasteiger partial charge in [-0.2, -0.15) is 0 Å². The summed E-state index contributed by atoms with van der Waals surface area (Å²) in [5, 5.41) is 0. The van der Waals surface area contributed by atoms with Gasteiger partial charge in [0.25, 0.3) is 0 Å². The molecule has 0 saturated heterocycles. The summed E-state index contributed by atoms with van der Waals surface area (Å²) in [6.07, 6.45) is 0. The first kappa shape index (κ1) is 12.1. The molecule has 1 atom stereocenters. The second-order valence-electron chi connectivity index (χ2n) is 3.80. The largest absolute Gasteiger partial charge is 0.375 e. The van der Waals surface area contributed by atoms with Crippen LogP contribution < -0.4 is 0 Å². The maximum Gasteiger partial charge on any atom is 0.0960 e. The Hall–Kier alpha value is 0.0700. The molecule has 0 fully saturated rings. The van der Waals surface area contributed by atoms with Crippen LogP contribution in [0.25, 0.3) is 0 Å². The molecule has 0 spiro atoms. The van der Waals surface area contributed by atoms with Gasteiger partial charge in [-0.05, 0) is 34.9 Å². The summed E-state index contributed by atoms with van der Waals surface area (Å²) in [5.41, 5.74) is -0.128. The molecule has 0 aromatic rings. The van der Waals surface area contributed by atoms with E-state index < -0.39 is 11.0 Å². The highest BCUT2D eigenvalue weighted by atomic mass is 32.2. The summed E-state index contributed by atoms with van der Waals surface area (Å²) in [4.78, 5) is 0. The van der Waals surface area contributed by atoms with Crippen LogP contribution in [0.15, 0.2) is 0 Å². The first-order valence-corrected chi connectivity index (χ1v) is 5.30. The summed E-state index contributed by atoms with van der Waals surface area (Å²) < 4.78 is 18.3. The van der Waals surface area contributed by atoms with E-state index in [9.17, 15) is 4.21 Å². The van der Waals surface area contributed by atoms with Crippen LogP contribution in [0.5, 0.6) is 0 Å². The standard InChI is InChI=1S/C8H19NO2S/c1-8(2,3)11-6-7-12(10)9(4)5/h6-7H2,1-5H3. The van der Waals surface area contributed by atoms with Gasteiger partial charge in [0.05, 0.1) is 28.9 Å². The highest BCUT2D eigenvalue weighted by Gasteiger charge is 2.10. The molecule has 0 heterocycles. The topological polar surface area (TPSA) is 29.5 Å². The molecule has 0 rings (SSSR count). The van der Waals surface area contributed by atoms with Gasteiger partial charge in [-0.1, -0.05) is 0 Å². The fourth-order valence-corrected chi connectivity index (χ4v) is 1.19. The zero-order valence-corrected chi connectivity index (χ0v) is 9.40. The van der Waals surface area contributed by atoms with Gasteiger partial charge in [0.1, 0.15) is 0 Å². The average Bonchev–Trinajstić information content (AvgIpc) is 1.84. The predicted octanol–water partition coefficient (Wildman–Crippen LogP) is 1.03. The Morgan fingerprint density at radius 3 is 2.17 bits per heavy atom. The molecule has 0 aliphatic carbocycles. The van der Waals surface area contributed by atoms with Crippen molar-refractivity contribution < 1.29 is 8.95 Å². The van der Waals surface area contributed by atoms with Gasteiger partial charge in [0, 0.05) is 0 Å². The van der Waals surface area contributed by atoms with Crippen molar-refractivity contribution in [1.29, 1.82) is 0 Å². The molecule has 0 saturated carbocycles. The van der Waals surface area contributed by atoms with Crippen LogP contribution in [0.2, 0.25) is 0 Å². The molecule has 1 unspecified atom stereocenters. The Kier molecular flexibility index (Phi) is 4.97. The van der Waals surface area contributed by atoms with Crippen LogP contribution in [-0.4, -0.2) is 40.6 Å². The van der Waals surface area contributed by atoms with Crippen LogP contribution in [0.4, 0.5) is 0 Å². The first-order valence-electron chi connectivity index (χ1n) is 4.03. The summed E-state index contributed by atoms with van der Waals surface area (Å²) in [7, 11) is 2.70. The van der Waals surface area contributed by atoms with Crippen molar-refractivity contribution in [1.82, 2.24) is 4.31 Å². The normalized spacial score (nSPS) is 15.2. The molecule has 74 valence electrons. The Labute approximate surface area is 77.7 Å². The molecule has 3 nitrogen and oxygen atoms in total. The Balaban J connectivity index is 3.51. The summed E-state index contributed by atoms with van der Waals surface area (Å²) in [6.45, 7) is 6.52. The Bertz CT molecular complexity index is 152. The molecule has 0 radical (unpaired) electrons. The fraction of sp³-hybridized carbons (Fsp3) is 1.00. The van der Waals surface area contributed by atoms with Crippen LogP contribution in [-0.2, 0) is 15.7 Å². The lowest BCUT2D eigenvalue weighted by Gasteiger charge is -2.19. The summed E-state index contributed by atoms with van der Waals surface area (Å²) in [5.74, 6) is 0.574. The van der Waals surface area contributed by atoms with Gasteiger partial charge < -0.3 is 4.74 Å². The van der Waals surface area contributed by atoms with E-state index in [0.29, 0.717) is 12.4 Å². The third-order valence-electron chi connectivity index (χ3n) is 1.20. The lowest BCUT2D eigenvalue weighted by Crippen LogP contribution is -2.26. The summed E-state index contributed by atoms with van der Waals surface area (Å²) in [6, 6.07) is 0. The van der Waals surface area contributed by atoms with E-state index in [1.165, 1.54) is 0 Å². The number of hydrogen-bond donors (Lipinski definition) is 0. The van der Waals surface area contributed by atoms with E-state index in [1.54, 1.807) is 18.4 Å². The molecule has 0 bridgehead atoms. The van der Waals surface area contributed by atoms with Crippen molar-refractivity contribution in [3.05, 3.63) is 0 Å². The molecule has 12 heavy (non-hydrogen) atoms. The van der Waals surface area contributed by atoms with Crippen LogP contribution in [0.3, 0.4) is 0 Å². The smallest absolute Gasteiger partial charge is 0.0960 e. The van der Waals surface area contributed by atoms with E-state index in [2.05, 4.69) is 0 Å². The van der Waals surface area contributed by atoms with Gasteiger partial charge in [-0.3, -0.25) is 0 Å². The maximum atomic E-state index is 11.2. The average molecular weight is 193 g/mol. The molecule has 0 N–H and O–H groups in total. The highest BCUT2D eigenvalue weighted by Crippen LogP contribution is 2.06. The first-order chi connectivity index (χ1) is 5.33. The van der Waals surface area contributed by atoms with Crippen LogP contribution >= 0.6 is 0 Å². The minimum atomic E-state index is -0.898. The van der Waals surface area contributed by atoms with Crippen LogP contribution in [0.1, 0.15) is 20.8 Å². The van der Waals surface area contributed by atoms with Gasteiger partial charge in [0.2, 0.25) is 0 Å². The van der Waals surface area contributed by atoms with E-state index in [0.717, 1.165) is 0 Å². The highest BCUT2D eigenvalue weighted by molar-refractivity contribution is 7.82. The molecule has 0 amide bonds. The van der Waals surface area contributed by atoms with E-state index in [-0.39, 0.29) is 5.60 Å². The lowest BCUT2D eigenvalue weighted by atomic mass is 10.2. The number of ether oxygens (including phenoxy) is 1. The van der Waals surface area contributed by atoms with Crippen molar-refractivity contribution in [3.8, 4) is 0 Å². The molecule has 0 aromatic heterocycles. The Morgan fingerprint density at radius 2 is 1.83 bits per heavy atom. The SMILES string of the molecule is CN(C)S(=O)CCOC(C)(C)C. The van der Waals surface area contributed by atoms with Crippen LogP contribution in [0, 0.1) is 0 Å². The lowest BCUT2D eigenvalue weighted by molar-refractivity contribution is 0.00650. The van der Waals surface area contributed by atoms with E-state index >= 15 is 0 Å². The monoisotopic (exact) mass is 193 g/mol. The molecule has 0 aliphatic rings. The van der Waals surface area contributed by atoms with E-state index in [1.807, 2.05) is 20.8 Å². The zero-order valence-electron chi connectivity index (χ0n) is 8.59. The van der Waals surface area contributed by atoms with Crippen molar-refractivity contribution in [2.24, 2.45) is 0 Å². The van der Waals surface area contributed by atoms with Crippen molar-refractivity contribution in [3.63, 3.8) is 0 Å². The third kappa shape index (κ3) is 6.76. The maximum absolute atomic E-state index is 11.2. The molecule has 0 aromatic carbocycles. The van der Waals surface area contributed by atoms with Gasteiger partial charge in [0.15, 0.2) is 0 Å². The number of hydrogen-bond acceptors (Lipinski definition) is 2. The molecule has 0 aliphatic heterocycles. The van der Waals surface area contributed by atoms with E-state index in [4.69, 9.17) is 4.74 Å². The fourth-order valence-electron chi connectivity index (χ4n) is 0.602. The van der Waals surface area contributed by atoms with Crippen molar-refractivity contribution in [2.45, 2.75) is 26.4 Å². The second kappa shape index (κ2) is 4.94. The summed E-state index contributed by atoms with van der Waals surface area (Å²) >= 11 is 0. The van der Waals surface area contributed by atoms with Crippen molar-refractivity contribution in [2.75, 3.05) is 26.5 Å². The third-order valence-corrected chi connectivity index (χ3v) is 2.53. The minimum Gasteiger partial charge on any atom is -0.375 e. The molecule has 4 heteroatoms. The van der Waals surface area contributed by atoms with Gasteiger partial charge in [-0.15, -0.1) is 0 Å².